The van der Waals surface area contributed by atoms with Crippen LogP contribution in [0.5, 0.6) is 0 Å². The van der Waals surface area contributed by atoms with Crippen LogP contribution >= 0.6 is 0 Å². The second-order valence-corrected chi connectivity index (χ2v) is 4.64. The van der Waals surface area contributed by atoms with E-state index in [9.17, 15) is 8.78 Å². The Balaban J connectivity index is 2.22. The molecule has 0 bridgehead atoms. The molecular formula is C14H18F2N4. The average Bonchev–Trinajstić information content (AvgIpc) is 2.87. The van der Waals surface area contributed by atoms with E-state index in [1.165, 1.54) is 12.1 Å². The Morgan fingerprint density at radius 1 is 1.40 bits per heavy atom. The number of nitrogens with two attached hydrogens (primary N) is 1. The summed E-state index contributed by atoms with van der Waals surface area (Å²) in [6, 6.07) is 3.23. The third-order valence-electron chi connectivity index (χ3n) is 3.16. The Hall–Kier alpha value is -1.79. The van der Waals surface area contributed by atoms with Crippen molar-refractivity contribution in [2.45, 2.75) is 32.4 Å². The highest BCUT2D eigenvalue weighted by molar-refractivity contribution is 5.21. The van der Waals surface area contributed by atoms with Crippen LogP contribution < -0.4 is 11.3 Å². The van der Waals surface area contributed by atoms with Gasteiger partial charge in [0.25, 0.3) is 0 Å². The molecule has 0 saturated carbocycles. The zero-order valence-corrected chi connectivity index (χ0v) is 11.3. The summed E-state index contributed by atoms with van der Waals surface area (Å²) < 4.78 is 28.6. The largest absolute Gasteiger partial charge is 0.334 e. The van der Waals surface area contributed by atoms with Crippen molar-refractivity contribution in [2.24, 2.45) is 5.84 Å². The predicted molar refractivity (Wildman–Crippen MR) is 72.6 cm³/mol. The van der Waals surface area contributed by atoms with Gasteiger partial charge in [-0.25, -0.2) is 19.2 Å². The molecule has 0 fully saturated rings. The van der Waals surface area contributed by atoms with E-state index >= 15 is 0 Å². The van der Waals surface area contributed by atoms with Crippen LogP contribution in [0.3, 0.4) is 0 Å². The molecule has 4 nitrogen and oxygen atoms in total. The molecule has 1 atom stereocenters. The molecule has 3 N–H and O–H groups in total. The summed E-state index contributed by atoms with van der Waals surface area (Å²) in [7, 11) is 0. The summed E-state index contributed by atoms with van der Waals surface area (Å²) in [5.41, 5.74) is 3.05. The van der Waals surface area contributed by atoms with Gasteiger partial charge in [-0.3, -0.25) is 5.84 Å². The van der Waals surface area contributed by atoms with Crippen molar-refractivity contribution in [3.05, 3.63) is 53.6 Å². The van der Waals surface area contributed by atoms with Crippen molar-refractivity contribution < 1.29 is 8.78 Å². The Morgan fingerprint density at radius 2 is 2.20 bits per heavy atom. The van der Waals surface area contributed by atoms with Gasteiger partial charge in [0.2, 0.25) is 0 Å². The number of hydrogen-bond donors (Lipinski definition) is 2. The monoisotopic (exact) mass is 280 g/mol. The Labute approximate surface area is 116 Å². The quantitative estimate of drug-likeness (QED) is 0.630. The molecule has 0 aliphatic rings. The third-order valence-corrected chi connectivity index (χ3v) is 3.16. The maximum absolute atomic E-state index is 13.7. The van der Waals surface area contributed by atoms with Crippen molar-refractivity contribution in [1.82, 2.24) is 15.0 Å². The van der Waals surface area contributed by atoms with Gasteiger partial charge in [-0.2, -0.15) is 0 Å². The lowest BCUT2D eigenvalue weighted by atomic mass is 10.0. The Morgan fingerprint density at radius 3 is 2.85 bits per heavy atom. The highest BCUT2D eigenvalue weighted by atomic mass is 19.1. The molecule has 0 amide bonds. The SMILES string of the molecule is CCCn1ccnc1C(Cc1ccc(F)cc1F)NN. The molecule has 1 unspecified atom stereocenters. The van der Waals surface area contributed by atoms with Gasteiger partial charge in [-0.05, 0) is 24.5 Å². The van der Waals surface area contributed by atoms with Gasteiger partial charge in [0.15, 0.2) is 0 Å². The lowest BCUT2D eigenvalue weighted by Crippen LogP contribution is -2.32. The molecule has 2 aromatic rings. The van der Waals surface area contributed by atoms with Crippen LogP contribution in [-0.4, -0.2) is 9.55 Å². The molecule has 0 aliphatic carbocycles. The normalized spacial score (nSPS) is 12.6. The fourth-order valence-corrected chi connectivity index (χ4v) is 2.19. The van der Waals surface area contributed by atoms with E-state index < -0.39 is 11.6 Å². The second-order valence-electron chi connectivity index (χ2n) is 4.64. The van der Waals surface area contributed by atoms with Gasteiger partial charge in [-0.1, -0.05) is 13.0 Å². The van der Waals surface area contributed by atoms with Crippen molar-refractivity contribution >= 4 is 0 Å². The molecule has 1 heterocycles. The van der Waals surface area contributed by atoms with Gasteiger partial charge >= 0.3 is 0 Å². The maximum Gasteiger partial charge on any atom is 0.129 e. The van der Waals surface area contributed by atoms with Crippen LogP contribution in [0.15, 0.2) is 30.6 Å². The topological polar surface area (TPSA) is 55.9 Å². The Bertz CT molecular complexity index is 568. The van der Waals surface area contributed by atoms with Gasteiger partial charge in [-0.15, -0.1) is 0 Å². The van der Waals surface area contributed by atoms with Crippen LogP contribution in [0.1, 0.15) is 30.8 Å². The first-order valence-electron chi connectivity index (χ1n) is 6.56. The number of aryl methyl sites for hydroxylation is 1. The number of aromatic nitrogens is 2. The first-order chi connectivity index (χ1) is 9.65. The number of hydrogen-bond acceptors (Lipinski definition) is 3. The number of benzene rings is 1. The Kier molecular flexibility index (Phi) is 4.81. The summed E-state index contributed by atoms with van der Waals surface area (Å²) in [6.45, 7) is 2.88. The van der Waals surface area contributed by atoms with E-state index in [2.05, 4.69) is 17.3 Å². The molecule has 0 saturated heterocycles. The van der Waals surface area contributed by atoms with Crippen molar-refractivity contribution in [2.75, 3.05) is 0 Å². The van der Waals surface area contributed by atoms with Crippen LogP contribution in [0.25, 0.3) is 0 Å². The number of rotatable bonds is 6. The summed E-state index contributed by atoms with van der Waals surface area (Å²) in [6.07, 6.45) is 4.83. The van der Waals surface area contributed by atoms with Crippen molar-refractivity contribution in [3.63, 3.8) is 0 Å². The van der Waals surface area contributed by atoms with Crippen LogP contribution in [0.2, 0.25) is 0 Å². The first kappa shape index (κ1) is 14.6. The number of halogens is 2. The summed E-state index contributed by atoms with van der Waals surface area (Å²) >= 11 is 0. The number of imidazole rings is 1. The van der Waals surface area contributed by atoms with E-state index in [1.807, 2.05) is 10.8 Å². The molecule has 2 rings (SSSR count). The van der Waals surface area contributed by atoms with Gasteiger partial charge in [0.1, 0.15) is 17.5 Å². The number of nitrogens with zero attached hydrogens (tertiary/aromatic N) is 2. The molecule has 1 aromatic heterocycles. The highest BCUT2D eigenvalue weighted by Crippen LogP contribution is 2.19. The summed E-state index contributed by atoms with van der Waals surface area (Å²) in [4.78, 5) is 4.27. The van der Waals surface area contributed by atoms with E-state index in [1.54, 1.807) is 6.20 Å². The molecule has 108 valence electrons. The van der Waals surface area contributed by atoms with E-state index in [4.69, 9.17) is 5.84 Å². The van der Waals surface area contributed by atoms with E-state index in [0.29, 0.717) is 12.0 Å². The van der Waals surface area contributed by atoms with Crippen molar-refractivity contribution in [3.8, 4) is 0 Å². The van der Waals surface area contributed by atoms with Gasteiger partial charge in [0, 0.05) is 25.0 Å². The van der Waals surface area contributed by atoms with Gasteiger partial charge < -0.3 is 4.57 Å². The van der Waals surface area contributed by atoms with Crippen LogP contribution in [0.4, 0.5) is 8.78 Å². The van der Waals surface area contributed by atoms with Gasteiger partial charge in [0.05, 0.1) is 6.04 Å². The summed E-state index contributed by atoms with van der Waals surface area (Å²) in [5, 5.41) is 0. The molecule has 0 radical (unpaired) electrons. The second kappa shape index (κ2) is 6.58. The number of nitrogens with one attached hydrogen (secondary N) is 1. The average molecular weight is 280 g/mol. The minimum absolute atomic E-state index is 0.309. The number of hydrazine groups is 1. The zero-order valence-electron chi connectivity index (χ0n) is 11.3. The molecule has 0 aliphatic heterocycles. The van der Waals surface area contributed by atoms with Crippen molar-refractivity contribution in [1.29, 1.82) is 0 Å². The first-order valence-corrected chi connectivity index (χ1v) is 6.56. The zero-order chi connectivity index (χ0) is 14.5. The van der Waals surface area contributed by atoms with Crippen LogP contribution in [-0.2, 0) is 13.0 Å². The summed E-state index contributed by atoms with van der Waals surface area (Å²) in [5.74, 6) is 5.15. The lowest BCUT2D eigenvalue weighted by Gasteiger charge is -2.17. The fraction of sp³-hybridized carbons (Fsp3) is 0.357. The molecule has 20 heavy (non-hydrogen) atoms. The predicted octanol–water partition coefficient (Wildman–Crippen LogP) is 2.32. The van der Waals surface area contributed by atoms with E-state index in [0.717, 1.165) is 24.9 Å². The smallest absolute Gasteiger partial charge is 0.129 e. The van der Waals surface area contributed by atoms with E-state index in [-0.39, 0.29) is 6.04 Å². The fourth-order valence-electron chi connectivity index (χ4n) is 2.19. The molecule has 6 heteroatoms. The minimum atomic E-state index is -0.587. The maximum atomic E-state index is 13.7. The highest BCUT2D eigenvalue weighted by Gasteiger charge is 2.18. The third kappa shape index (κ3) is 3.20. The van der Waals surface area contributed by atoms with Crippen LogP contribution in [0, 0.1) is 11.6 Å². The standard InChI is InChI=1S/C14H18F2N4/c1-2-6-20-7-5-18-14(20)13(19-17)8-10-3-4-11(15)9-12(10)16/h3-5,7,9,13,19H,2,6,8,17H2,1H3. The molecular weight excluding hydrogens is 262 g/mol. The minimum Gasteiger partial charge on any atom is -0.334 e. The molecule has 0 spiro atoms. The lowest BCUT2D eigenvalue weighted by molar-refractivity contribution is 0.476. The molecule has 1 aromatic carbocycles.